The lowest BCUT2D eigenvalue weighted by molar-refractivity contribution is 0.150. The van der Waals surface area contributed by atoms with Crippen LogP contribution in [-0.4, -0.2) is 63.7 Å². The summed E-state index contributed by atoms with van der Waals surface area (Å²) in [6.07, 6.45) is 1.35. The predicted molar refractivity (Wildman–Crippen MR) is 132 cm³/mol. The molecular weight excluding hydrogens is 522 g/mol. The Morgan fingerprint density at radius 1 is 1.22 bits per heavy atom. The van der Waals surface area contributed by atoms with Gasteiger partial charge in [0.2, 0.25) is 15.2 Å². The lowest BCUT2D eigenvalue weighted by Crippen LogP contribution is -2.35. The summed E-state index contributed by atoms with van der Waals surface area (Å²) < 4.78 is 57.1. The minimum absolute atomic E-state index is 0.0435. The standard InChI is InChI=1S/C23H22F2N8O2S2/c1-32-8-4-13(5-9-32)18-17-15-3-2-14(37(34,35)31-23(11-26)6-7-23)10-16(15)33(20(17)28-12-27-18)22-30-29-21(36-22)19(24)25/h2-3,10,12-13,19,31H,4-9H2,1H3. The number of nitrogens with one attached hydrogen (secondary N) is 1. The van der Waals surface area contributed by atoms with E-state index in [-0.39, 0.29) is 15.9 Å². The number of aromatic nitrogens is 5. The number of rotatable bonds is 6. The van der Waals surface area contributed by atoms with E-state index in [4.69, 9.17) is 0 Å². The van der Waals surface area contributed by atoms with E-state index in [2.05, 4.69) is 36.8 Å². The van der Waals surface area contributed by atoms with Crippen molar-refractivity contribution in [3.05, 3.63) is 35.2 Å². The second-order valence-electron chi connectivity index (χ2n) is 9.57. The van der Waals surface area contributed by atoms with Crippen LogP contribution in [0.15, 0.2) is 29.4 Å². The molecule has 2 fully saturated rings. The number of sulfonamides is 1. The molecule has 1 saturated carbocycles. The van der Waals surface area contributed by atoms with Crippen molar-refractivity contribution >= 4 is 43.3 Å². The van der Waals surface area contributed by atoms with Crippen molar-refractivity contribution in [3.8, 4) is 11.2 Å². The number of hydrogen-bond donors (Lipinski definition) is 1. The molecule has 0 amide bonds. The first-order chi connectivity index (χ1) is 17.7. The number of hydrogen-bond acceptors (Lipinski definition) is 9. The maximum Gasteiger partial charge on any atom is 0.291 e. The van der Waals surface area contributed by atoms with Crippen LogP contribution in [0.3, 0.4) is 0 Å². The molecule has 4 heterocycles. The molecule has 0 unspecified atom stereocenters. The third-order valence-electron chi connectivity index (χ3n) is 7.07. The van der Waals surface area contributed by atoms with Gasteiger partial charge in [0.05, 0.1) is 22.2 Å². The van der Waals surface area contributed by atoms with E-state index in [0.717, 1.165) is 48.3 Å². The minimum Gasteiger partial charge on any atom is -0.306 e. The molecule has 192 valence electrons. The van der Waals surface area contributed by atoms with Gasteiger partial charge in [-0.2, -0.15) is 9.98 Å². The summed E-state index contributed by atoms with van der Waals surface area (Å²) in [6.45, 7) is 1.83. The summed E-state index contributed by atoms with van der Waals surface area (Å²) >= 11 is 0.723. The Kier molecular flexibility index (Phi) is 5.72. The number of nitriles is 1. The van der Waals surface area contributed by atoms with Crippen LogP contribution in [0.25, 0.3) is 27.1 Å². The van der Waals surface area contributed by atoms with Crippen molar-refractivity contribution in [2.75, 3.05) is 20.1 Å². The van der Waals surface area contributed by atoms with E-state index in [9.17, 15) is 22.5 Å². The molecular formula is C23H22F2N8O2S2. The average Bonchev–Trinajstić information content (AvgIpc) is 3.32. The summed E-state index contributed by atoms with van der Waals surface area (Å²) in [4.78, 5) is 11.3. The van der Waals surface area contributed by atoms with E-state index in [1.165, 1.54) is 18.5 Å². The van der Waals surface area contributed by atoms with Crippen LogP contribution >= 0.6 is 11.3 Å². The SMILES string of the molecule is CN1CCC(c2ncnc3c2c2ccc(S(=O)(=O)NC4(C#N)CC4)cc2n3-c2nnc(C(F)F)s2)CC1. The third kappa shape index (κ3) is 4.15. The van der Waals surface area contributed by atoms with Crippen molar-refractivity contribution in [3.63, 3.8) is 0 Å². The number of piperidine rings is 1. The second kappa shape index (κ2) is 8.73. The Hall–Kier alpha value is -3.12. The largest absolute Gasteiger partial charge is 0.306 e. The average molecular weight is 545 g/mol. The number of alkyl halides is 2. The molecule has 10 nitrogen and oxygen atoms in total. The fourth-order valence-electron chi connectivity index (χ4n) is 4.87. The van der Waals surface area contributed by atoms with E-state index in [0.29, 0.717) is 29.4 Å². The Balaban J connectivity index is 1.58. The molecule has 1 aromatic carbocycles. The van der Waals surface area contributed by atoms with E-state index in [1.54, 1.807) is 10.6 Å². The Bertz CT molecular complexity index is 1670. The van der Waals surface area contributed by atoms with Crippen LogP contribution in [0.2, 0.25) is 0 Å². The quantitative estimate of drug-likeness (QED) is 0.390. The zero-order valence-electron chi connectivity index (χ0n) is 19.7. The lowest BCUT2D eigenvalue weighted by Gasteiger charge is -2.28. The number of likely N-dealkylation sites (tertiary alicyclic amines) is 1. The molecule has 1 N–H and O–H groups in total. The van der Waals surface area contributed by atoms with Crippen molar-refractivity contribution in [1.29, 1.82) is 5.26 Å². The molecule has 6 rings (SSSR count). The maximum absolute atomic E-state index is 13.4. The van der Waals surface area contributed by atoms with Gasteiger partial charge in [-0.3, -0.25) is 4.57 Å². The molecule has 0 radical (unpaired) electrons. The van der Waals surface area contributed by atoms with Crippen LogP contribution in [0.1, 0.15) is 48.7 Å². The second-order valence-corrected chi connectivity index (χ2v) is 12.2. The zero-order chi connectivity index (χ0) is 25.9. The van der Waals surface area contributed by atoms with Gasteiger partial charge in [-0.15, -0.1) is 10.2 Å². The van der Waals surface area contributed by atoms with Gasteiger partial charge < -0.3 is 4.90 Å². The molecule has 2 aliphatic rings. The molecule has 14 heteroatoms. The van der Waals surface area contributed by atoms with Crippen molar-refractivity contribution in [1.82, 2.24) is 34.4 Å². The van der Waals surface area contributed by atoms with Crippen LogP contribution in [0.5, 0.6) is 0 Å². The summed E-state index contributed by atoms with van der Waals surface area (Å²) in [5, 5.41) is 18.1. The number of nitrogens with zero attached hydrogens (tertiary/aromatic N) is 7. The molecule has 0 spiro atoms. The van der Waals surface area contributed by atoms with Gasteiger partial charge in [-0.1, -0.05) is 17.4 Å². The summed E-state index contributed by atoms with van der Waals surface area (Å²) in [6, 6.07) is 6.67. The van der Waals surface area contributed by atoms with Crippen LogP contribution in [-0.2, 0) is 10.0 Å². The minimum atomic E-state index is -4.02. The maximum atomic E-state index is 13.4. The molecule has 37 heavy (non-hydrogen) atoms. The highest BCUT2D eigenvalue weighted by atomic mass is 32.2. The van der Waals surface area contributed by atoms with Crippen LogP contribution in [0, 0.1) is 11.3 Å². The highest BCUT2D eigenvalue weighted by Gasteiger charge is 2.47. The number of fused-ring (bicyclic) bond motifs is 3. The zero-order valence-corrected chi connectivity index (χ0v) is 21.4. The van der Waals surface area contributed by atoms with Crippen molar-refractivity contribution in [2.24, 2.45) is 0 Å². The summed E-state index contributed by atoms with van der Waals surface area (Å²) in [5.41, 5.74) is 0.648. The first-order valence-electron chi connectivity index (χ1n) is 11.8. The van der Waals surface area contributed by atoms with Gasteiger partial charge in [0.25, 0.3) is 6.43 Å². The van der Waals surface area contributed by atoms with Crippen LogP contribution in [0.4, 0.5) is 8.78 Å². The van der Waals surface area contributed by atoms with Gasteiger partial charge in [0.1, 0.15) is 11.9 Å². The monoisotopic (exact) mass is 544 g/mol. The van der Waals surface area contributed by atoms with Crippen molar-refractivity contribution in [2.45, 2.75) is 48.5 Å². The van der Waals surface area contributed by atoms with Crippen LogP contribution < -0.4 is 4.72 Å². The Morgan fingerprint density at radius 2 is 1.97 bits per heavy atom. The normalized spacial score (nSPS) is 18.6. The van der Waals surface area contributed by atoms with E-state index in [1.807, 2.05) is 6.07 Å². The predicted octanol–water partition coefficient (Wildman–Crippen LogP) is 3.51. The highest BCUT2D eigenvalue weighted by Crippen LogP contribution is 2.40. The molecule has 1 aliphatic carbocycles. The number of halogens is 2. The Labute approximate surface area is 215 Å². The first-order valence-corrected chi connectivity index (χ1v) is 14.1. The topological polar surface area (TPSA) is 130 Å². The van der Waals surface area contributed by atoms with E-state index < -0.39 is 27.0 Å². The van der Waals surface area contributed by atoms with Gasteiger partial charge in [0.15, 0.2) is 10.7 Å². The van der Waals surface area contributed by atoms with Gasteiger partial charge in [-0.05, 0) is 58.0 Å². The van der Waals surface area contributed by atoms with Gasteiger partial charge in [-0.25, -0.2) is 27.2 Å². The van der Waals surface area contributed by atoms with Gasteiger partial charge >= 0.3 is 0 Å². The molecule has 4 aromatic rings. The molecule has 0 bridgehead atoms. The molecule has 1 saturated heterocycles. The highest BCUT2D eigenvalue weighted by molar-refractivity contribution is 7.89. The first kappa shape index (κ1) is 24.2. The summed E-state index contributed by atoms with van der Waals surface area (Å²) in [5.74, 6) is 0.169. The summed E-state index contributed by atoms with van der Waals surface area (Å²) in [7, 11) is -1.95. The smallest absolute Gasteiger partial charge is 0.291 e. The number of benzene rings is 1. The fraction of sp³-hybridized carbons (Fsp3) is 0.435. The van der Waals surface area contributed by atoms with E-state index >= 15 is 0 Å². The molecule has 3 aromatic heterocycles. The lowest BCUT2D eigenvalue weighted by atomic mass is 9.91. The fourth-order valence-corrected chi connectivity index (χ4v) is 6.99. The third-order valence-corrected chi connectivity index (χ3v) is 9.51. The molecule has 1 aliphatic heterocycles. The Morgan fingerprint density at radius 3 is 2.62 bits per heavy atom. The molecule has 0 atom stereocenters. The van der Waals surface area contributed by atoms with Crippen molar-refractivity contribution < 1.29 is 17.2 Å². The van der Waals surface area contributed by atoms with Gasteiger partial charge in [0, 0.05) is 16.7 Å².